The van der Waals surface area contributed by atoms with E-state index in [1.165, 1.54) is 12.8 Å². The fourth-order valence-electron chi connectivity index (χ4n) is 2.00. The third-order valence-electron chi connectivity index (χ3n) is 3.16. The molecule has 2 nitrogen and oxygen atoms in total. The summed E-state index contributed by atoms with van der Waals surface area (Å²) in [6.07, 6.45) is 4.56. The van der Waals surface area contributed by atoms with Gasteiger partial charge in [0.05, 0.1) is 0 Å². The lowest BCUT2D eigenvalue weighted by Gasteiger charge is -2.45. The minimum atomic E-state index is 0.349. The number of likely N-dealkylation sites (tertiary alicyclic amines) is 1. The molecule has 1 aliphatic rings. The van der Waals surface area contributed by atoms with E-state index in [-0.39, 0.29) is 0 Å². The molecular formula is C11H22N2. The molecule has 1 fully saturated rings. The molecule has 1 saturated heterocycles. The first-order valence-electron chi connectivity index (χ1n) is 5.13. The largest absolute Gasteiger partial charge is 0.316 e. The summed E-state index contributed by atoms with van der Waals surface area (Å²) in [6, 6.07) is 0.660. The van der Waals surface area contributed by atoms with Crippen LogP contribution in [0.4, 0.5) is 0 Å². The van der Waals surface area contributed by atoms with Crippen LogP contribution in [0.2, 0.25) is 0 Å². The van der Waals surface area contributed by atoms with E-state index in [2.05, 4.69) is 37.7 Å². The Labute approximate surface area is 82.0 Å². The van der Waals surface area contributed by atoms with Crippen LogP contribution in [-0.2, 0) is 0 Å². The molecule has 0 aromatic rings. The number of hydrogen-bond acceptors (Lipinski definition) is 2. The molecule has 2 heteroatoms. The van der Waals surface area contributed by atoms with Crippen LogP contribution >= 0.6 is 0 Å². The van der Waals surface area contributed by atoms with E-state index in [9.17, 15) is 0 Å². The molecule has 1 N–H and O–H groups in total. The highest BCUT2D eigenvalue weighted by Gasteiger charge is 2.32. The topological polar surface area (TPSA) is 15.3 Å². The van der Waals surface area contributed by atoms with E-state index in [4.69, 9.17) is 0 Å². The fraction of sp³-hybridized carbons (Fsp3) is 0.818. The molecule has 1 heterocycles. The Morgan fingerprint density at radius 2 is 2.31 bits per heavy atom. The van der Waals surface area contributed by atoms with Gasteiger partial charge in [-0.1, -0.05) is 6.08 Å². The van der Waals surface area contributed by atoms with Gasteiger partial charge < -0.3 is 5.32 Å². The molecule has 0 spiro atoms. The maximum absolute atomic E-state index is 3.81. The van der Waals surface area contributed by atoms with Crippen molar-refractivity contribution in [3.63, 3.8) is 0 Å². The minimum absolute atomic E-state index is 0.349. The van der Waals surface area contributed by atoms with Gasteiger partial charge in [-0.3, -0.25) is 4.90 Å². The van der Waals surface area contributed by atoms with Gasteiger partial charge in [-0.15, -0.1) is 6.58 Å². The molecule has 0 amide bonds. The zero-order valence-electron chi connectivity index (χ0n) is 9.14. The van der Waals surface area contributed by atoms with E-state index >= 15 is 0 Å². The van der Waals surface area contributed by atoms with Gasteiger partial charge in [0.15, 0.2) is 0 Å². The van der Waals surface area contributed by atoms with E-state index in [0.29, 0.717) is 11.6 Å². The molecular weight excluding hydrogens is 160 g/mol. The monoisotopic (exact) mass is 182 g/mol. The van der Waals surface area contributed by atoms with Gasteiger partial charge >= 0.3 is 0 Å². The average molecular weight is 182 g/mol. The predicted molar refractivity (Wildman–Crippen MR) is 57.9 cm³/mol. The summed E-state index contributed by atoms with van der Waals surface area (Å²) in [7, 11) is 2.05. The Bertz CT molecular complexity index is 175. The number of likely N-dealkylation sites (N-methyl/N-ethyl adjacent to an activating group) is 1. The molecule has 1 aliphatic heterocycles. The number of hydrogen-bond donors (Lipinski definition) is 1. The summed E-state index contributed by atoms with van der Waals surface area (Å²) in [4.78, 5) is 2.50. The Hall–Kier alpha value is -0.340. The zero-order chi connectivity index (χ0) is 9.90. The van der Waals surface area contributed by atoms with Crippen LogP contribution in [0.3, 0.4) is 0 Å². The van der Waals surface area contributed by atoms with Crippen molar-refractivity contribution in [2.24, 2.45) is 0 Å². The van der Waals surface area contributed by atoms with Crippen molar-refractivity contribution in [2.45, 2.75) is 38.3 Å². The highest BCUT2D eigenvalue weighted by Crippen LogP contribution is 2.26. The molecule has 13 heavy (non-hydrogen) atoms. The standard InChI is InChI=1S/C11H22N2/c1-5-8-13-9-10(12-4)6-7-11(13,2)3/h5,10,12H,1,6-9H2,2-4H3. The van der Waals surface area contributed by atoms with Gasteiger partial charge in [0.1, 0.15) is 0 Å². The van der Waals surface area contributed by atoms with Gasteiger partial charge in [0.25, 0.3) is 0 Å². The summed E-state index contributed by atoms with van der Waals surface area (Å²) in [6.45, 7) is 10.6. The van der Waals surface area contributed by atoms with E-state index in [1.807, 2.05) is 6.08 Å². The molecule has 0 radical (unpaired) electrons. The highest BCUT2D eigenvalue weighted by atomic mass is 15.2. The van der Waals surface area contributed by atoms with Gasteiger partial charge in [0, 0.05) is 24.7 Å². The Morgan fingerprint density at radius 1 is 1.62 bits per heavy atom. The average Bonchev–Trinajstić information content (AvgIpc) is 2.09. The number of rotatable bonds is 3. The van der Waals surface area contributed by atoms with Crippen LogP contribution in [0.5, 0.6) is 0 Å². The number of piperidine rings is 1. The third kappa shape index (κ3) is 2.55. The lowest BCUT2D eigenvalue weighted by atomic mass is 9.88. The molecule has 76 valence electrons. The molecule has 1 rings (SSSR count). The smallest absolute Gasteiger partial charge is 0.0193 e. The lowest BCUT2D eigenvalue weighted by molar-refractivity contribution is 0.0716. The SMILES string of the molecule is C=CCN1CC(NC)CCC1(C)C. The molecule has 1 atom stereocenters. The molecule has 0 aromatic carbocycles. The van der Waals surface area contributed by atoms with Crippen molar-refractivity contribution in [2.75, 3.05) is 20.1 Å². The van der Waals surface area contributed by atoms with Crippen LogP contribution in [-0.4, -0.2) is 36.6 Å². The maximum atomic E-state index is 3.81. The van der Waals surface area contributed by atoms with Crippen molar-refractivity contribution in [1.82, 2.24) is 10.2 Å². The van der Waals surface area contributed by atoms with Crippen molar-refractivity contribution in [1.29, 1.82) is 0 Å². The van der Waals surface area contributed by atoms with Gasteiger partial charge in [-0.2, -0.15) is 0 Å². The summed E-state index contributed by atoms with van der Waals surface area (Å²) < 4.78 is 0. The second-order valence-corrected chi connectivity index (χ2v) is 4.53. The quantitative estimate of drug-likeness (QED) is 0.667. The van der Waals surface area contributed by atoms with Crippen molar-refractivity contribution >= 4 is 0 Å². The van der Waals surface area contributed by atoms with Crippen molar-refractivity contribution < 1.29 is 0 Å². The minimum Gasteiger partial charge on any atom is -0.316 e. The molecule has 0 aromatic heterocycles. The van der Waals surface area contributed by atoms with Crippen molar-refractivity contribution in [3.05, 3.63) is 12.7 Å². The van der Waals surface area contributed by atoms with Crippen LogP contribution in [0.25, 0.3) is 0 Å². The third-order valence-corrected chi connectivity index (χ3v) is 3.16. The van der Waals surface area contributed by atoms with Crippen LogP contribution in [0.15, 0.2) is 12.7 Å². The Morgan fingerprint density at radius 3 is 2.85 bits per heavy atom. The van der Waals surface area contributed by atoms with E-state index < -0.39 is 0 Å². The fourth-order valence-corrected chi connectivity index (χ4v) is 2.00. The van der Waals surface area contributed by atoms with Crippen molar-refractivity contribution in [3.8, 4) is 0 Å². The summed E-state index contributed by atoms with van der Waals surface area (Å²) in [5.41, 5.74) is 0.349. The highest BCUT2D eigenvalue weighted by molar-refractivity contribution is 4.93. The summed E-state index contributed by atoms with van der Waals surface area (Å²) in [5.74, 6) is 0. The van der Waals surface area contributed by atoms with Crippen LogP contribution < -0.4 is 5.32 Å². The second kappa shape index (κ2) is 4.25. The zero-order valence-corrected chi connectivity index (χ0v) is 9.14. The number of nitrogens with one attached hydrogen (secondary N) is 1. The molecule has 0 saturated carbocycles. The van der Waals surface area contributed by atoms with Gasteiger partial charge in [0.2, 0.25) is 0 Å². The summed E-state index contributed by atoms with van der Waals surface area (Å²) >= 11 is 0. The normalized spacial score (nSPS) is 28.7. The maximum Gasteiger partial charge on any atom is 0.0193 e. The van der Waals surface area contributed by atoms with Gasteiger partial charge in [-0.05, 0) is 33.7 Å². The van der Waals surface area contributed by atoms with E-state index in [0.717, 1.165) is 13.1 Å². The first-order chi connectivity index (χ1) is 6.10. The first kappa shape index (κ1) is 10.7. The predicted octanol–water partition coefficient (Wildman–Crippen LogP) is 1.63. The second-order valence-electron chi connectivity index (χ2n) is 4.53. The first-order valence-corrected chi connectivity index (χ1v) is 5.13. The Balaban J connectivity index is 2.57. The lowest BCUT2D eigenvalue weighted by Crippen LogP contribution is -2.54. The molecule has 1 unspecified atom stereocenters. The van der Waals surface area contributed by atoms with Crippen LogP contribution in [0, 0.1) is 0 Å². The van der Waals surface area contributed by atoms with Crippen LogP contribution in [0.1, 0.15) is 26.7 Å². The number of nitrogens with zero attached hydrogens (tertiary/aromatic N) is 1. The molecule has 0 aliphatic carbocycles. The van der Waals surface area contributed by atoms with Gasteiger partial charge in [-0.25, -0.2) is 0 Å². The summed E-state index contributed by atoms with van der Waals surface area (Å²) in [5, 5.41) is 3.35. The Kier molecular flexibility index (Phi) is 3.51. The van der Waals surface area contributed by atoms with E-state index in [1.54, 1.807) is 0 Å². The molecule has 0 bridgehead atoms.